The molecule has 0 atom stereocenters. The highest BCUT2D eigenvalue weighted by atomic mass is 35.5. The average Bonchev–Trinajstić information content (AvgIpc) is 2.44. The first-order valence-corrected chi connectivity index (χ1v) is 6.18. The molecule has 0 unspecified atom stereocenters. The van der Waals surface area contributed by atoms with Crippen LogP contribution in [-0.4, -0.2) is 18.1 Å². The third kappa shape index (κ3) is 3.19. The molecule has 104 valence electrons. The highest BCUT2D eigenvalue weighted by Gasteiger charge is 2.15. The highest BCUT2D eigenvalue weighted by Crippen LogP contribution is 2.21. The molecule has 20 heavy (non-hydrogen) atoms. The van der Waals surface area contributed by atoms with Crippen molar-refractivity contribution in [3.8, 4) is 5.75 Å². The van der Waals surface area contributed by atoms with Crippen molar-refractivity contribution >= 4 is 23.3 Å². The molecule has 0 aliphatic heterocycles. The number of nitrogens with two attached hydrogens (primary N) is 1. The molecule has 2 N–H and O–H groups in total. The molecule has 0 spiro atoms. The van der Waals surface area contributed by atoms with Gasteiger partial charge >= 0.3 is 5.97 Å². The summed E-state index contributed by atoms with van der Waals surface area (Å²) in [5, 5.41) is 0.475. The molecule has 1 aromatic carbocycles. The van der Waals surface area contributed by atoms with Crippen molar-refractivity contribution in [3.63, 3.8) is 0 Å². The smallest absolute Gasteiger partial charge is 0.340 e. The first-order chi connectivity index (χ1) is 9.61. The van der Waals surface area contributed by atoms with Crippen molar-refractivity contribution in [2.75, 3.05) is 12.8 Å². The lowest BCUT2D eigenvalue weighted by Gasteiger charge is -2.11. The number of pyridine rings is 1. The van der Waals surface area contributed by atoms with E-state index >= 15 is 0 Å². The van der Waals surface area contributed by atoms with Crippen molar-refractivity contribution in [2.24, 2.45) is 0 Å². The molecule has 1 aromatic heterocycles. The second kappa shape index (κ2) is 6.25. The van der Waals surface area contributed by atoms with Gasteiger partial charge in [0.05, 0.1) is 23.9 Å². The zero-order valence-electron chi connectivity index (χ0n) is 10.8. The first kappa shape index (κ1) is 14.1. The van der Waals surface area contributed by atoms with E-state index in [4.69, 9.17) is 26.8 Å². The quantitative estimate of drug-likeness (QED) is 0.693. The maximum atomic E-state index is 11.7. The Hall–Kier alpha value is -2.27. The number of hydrogen-bond donors (Lipinski definition) is 1. The summed E-state index contributed by atoms with van der Waals surface area (Å²) in [5.74, 6) is 0.0154. The largest absolute Gasteiger partial charge is 0.487 e. The number of carbonyl (C=O) groups excluding carboxylic acids is 1. The van der Waals surface area contributed by atoms with Crippen LogP contribution in [0.25, 0.3) is 0 Å². The summed E-state index contributed by atoms with van der Waals surface area (Å²) >= 11 is 5.82. The fourth-order valence-electron chi connectivity index (χ4n) is 1.72. The van der Waals surface area contributed by atoms with Gasteiger partial charge in [0.15, 0.2) is 0 Å². The Morgan fingerprint density at radius 3 is 2.90 bits per heavy atom. The second-order valence-corrected chi connectivity index (χ2v) is 4.44. The molecule has 0 bridgehead atoms. The van der Waals surface area contributed by atoms with E-state index in [0.717, 1.165) is 0 Å². The summed E-state index contributed by atoms with van der Waals surface area (Å²) in [6, 6.07) is 6.77. The van der Waals surface area contributed by atoms with Gasteiger partial charge in [-0.05, 0) is 6.07 Å². The minimum atomic E-state index is -0.495. The normalized spacial score (nSPS) is 10.1. The lowest BCUT2D eigenvalue weighted by Crippen LogP contribution is -2.11. The summed E-state index contributed by atoms with van der Waals surface area (Å²) < 4.78 is 10.3. The van der Waals surface area contributed by atoms with Gasteiger partial charge in [0.25, 0.3) is 0 Å². The molecular weight excluding hydrogens is 280 g/mol. The predicted molar refractivity (Wildman–Crippen MR) is 75.8 cm³/mol. The maximum absolute atomic E-state index is 11.7. The molecular formula is C14H13ClN2O3. The number of anilines is 1. The Kier molecular flexibility index (Phi) is 4.42. The highest BCUT2D eigenvalue weighted by molar-refractivity contribution is 6.30. The molecule has 0 radical (unpaired) electrons. The minimum Gasteiger partial charge on any atom is -0.487 e. The van der Waals surface area contributed by atoms with Crippen molar-refractivity contribution < 1.29 is 14.3 Å². The van der Waals surface area contributed by atoms with Crippen molar-refractivity contribution in [1.82, 2.24) is 4.98 Å². The summed E-state index contributed by atoms with van der Waals surface area (Å²) in [6.45, 7) is 0.164. The van der Waals surface area contributed by atoms with Crippen molar-refractivity contribution in [2.45, 2.75) is 6.61 Å². The van der Waals surface area contributed by atoms with Crippen LogP contribution in [0, 0.1) is 0 Å². The molecule has 6 heteroatoms. The molecule has 0 fully saturated rings. The molecule has 0 aliphatic rings. The van der Waals surface area contributed by atoms with Crippen LogP contribution in [0.3, 0.4) is 0 Å². The Balaban J connectivity index is 2.21. The lowest BCUT2D eigenvalue weighted by atomic mass is 10.1. The zero-order chi connectivity index (χ0) is 14.5. The van der Waals surface area contributed by atoms with Gasteiger partial charge in [-0.2, -0.15) is 0 Å². The third-order valence-electron chi connectivity index (χ3n) is 2.65. The van der Waals surface area contributed by atoms with Crippen LogP contribution in [0.15, 0.2) is 36.7 Å². The number of halogens is 1. The standard InChI is InChI=1S/C14H13ClN2O3/c1-19-14(18)13-9(3-2-4-12(13)16)8-20-11-5-10(15)6-17-7-11/h2-7H,8,16H2,1H3. The fourth-order valence-corrected chi connectivity index (χ4v) is 1.89. The maximum Gasteiger partial charge on any atom is 0.340 e. The number of nitrogen functional groups attached to an aromatic ring is 1. The van der Waals surface area contributed by atoms with Gasteiger partial charge in [-0.25, -0.2) is 4.79 Å². The predicted octanol–water partition coefficient (Wildman–Crippen LogP) is 2.68. The van der Waals surface area contributed by atoms with Crippen LogP contribution < -0.4 is 10.5 Å². The third-order valence-corrected chi connectivity index (χ3v) is 2.85. The molecule has 2 rings (SSSR count). The molecule has 2 aromatic rings. The van der Waals surface area contributed by atoms with E-state index in [1.54, 1.807) is 24.3 Å². The van der Waals surface area contributed by atoms with Crippen LogP contribution in [0.4, 0.5) is 5.69 Å². The number of hydrogen-bond acceptors (Lipinski definition) is 5. The number of benzene rings is 1. The number of nitrogens with zero attached hydrogens (tertiary/aromatic N) is 1. The summed E-state index contributed by atoms with van der Waals surface area (Å²) in [6.07, 6.45) is 3.05. The molecule has 0 saturated carbocycles. The van der Waals surface area contributed by atoms with E-state index in [-0.39, 0.29) is 6.61 Å². The van der Waals surface area contributed by atoms with Gasteiger partial charge in [-0.1, -0.05) is 23.7 Å². The van der Waals surface area contributed by atoms with E-state index in [9.17, 15) is 4.79 Å². The molecule has 1 heterocycles. The molecule has 0 saturated heterocycles. The Labute approximate surface area is 121 Å². The Morgan fingerprint density at radius 1 is 1.40 bits per heavy atom. The van der Waals surface area contributed by atoms with Gasteiger partial charge in [0, 0.05) is 23.5 Å². The Morgan fingerprint density at radius 2 is 2.20 bits per heavy atom. The van der Waals surface area contributed by atoms with Crippen LogP contribution >= 0.6 is 11.6 Å². The van der Waals surface area contributed by atoms with Gasteiger partial charge in [-0.15, -0.1) is 0 Å². The number of ether oxygens (including phenoxy) is 2. The topological polar surface area (TPSA) is 74.4 Å². The van der Waals surface area contributed by atoms with Gasteiger partial charge < -0.3 is 15.2 Å². The monoisotopic (exact) mass is 292 g/mol. The first-order valence-electron chi connectivity index (χ1n) is 5.81. The zero-order valence-corrected chi connectivity index (χ0v) is 11.6. The van der Waals surface area contributed by atoms with Crippen LogP contribution in [0.2, 0.25) is 5.02 Å². The van der Waals surface area contributed by atoms with Crippen LogP contribution in [0.1, 0.15) is 15.9 Å². The molecule has 0 amide bonds. The van der Waals surface area contributed by atoms with Gasteiger partial charge in [0.2, 0.25) is 0 Å². The van der Waals surface area contributed by atoms with Crippen molar-refractivity contribution in [3.05, 3.63) is 52.8 Å². The van der Waals surface area contributed by atoms with Crippen LogP contribution in [0.5, 0.6) is 5.75 Å². The second-order valence-electron chi connectivity index (χ2n) is 4.00. The van der Waals surface area contributed by atoms with E-state index < -0.39 is 5.97 Å². The number of carbonyl (C=O) groups is 1. The lowest BCUT2D eigenvalue weighted by molar-refractivity contribution is 0.0599. The molecule has 0 aliphatic carbocycles. The SMILES string of the molecule is COC(=O)c1c(N)cccc1COc1cncc(Cl)c1. The average molecular weight is 293 g/mol. The summed E-state index contributed by atoms with van der Waals surface area (Å²) in [5.41, 5.74) is 7.10. The van der Waals surface area contributed by atoms with Gasteiger partial charge in [0.1, 0.15) is 12.4 Å². The van der Waals surface area contributed by atoms with E-state index in [2.05, 4.69) is 4.98 Å². The van der Waals surface area contributed by atoms with E-state index in [0.29, 0.717) is 27.6 Å². The number of esters is 1. The fraction of sp³-hybridized carbons (Fsp3) is 0.143. The van der Waals surface area contributed by atoms with Gasteiger partial charge in [-0.3, -0.25) is 4.98 Å². The molecule has 5 nitrogen and oxygen atoms in total. The summed E-state index contributed by atoms with van der Waals surface area (Å²) in [7, 11) is 1.31. The number of rotatable bonds is 4. The van der Waals surface area contributed by atoms with E-state index in [1.807, 2.05) is 0 Å². The number of aromatic nitrogens is 1. The minimum absolute atomic E-state index is 0.164. The Bertz CT molecular complexity index is 632. The number of methoxy groups -OCH3 is 1. The van der Waals surface area contributed by atoms with Crippen LogP contribution in [-0.2, 0) is 11.3 Å². The van der Waals surface area contributed by atoms with E-state index in [1.165, 1.54) is 19.5 Å². The van der Waals surface area contributed by atoms with Crippen molar-refractivity contribution in [1.29, 1.82) is 0 Å². The summed E-state index contributed by atoms with van der Waals surface area (Å²) in [4.78, 5) is 15.6.